The Bertz CT molecular complexity index is 1170. The quantitative estimate of drug-likeness (QED) is 0.529. The molecule has 140 valence electrons. The van der Waals surface area contributed by atoms with Gasteiger partial charge in [-0.25, -0.2) is 9.37 Å². The predicted octanol–water partition coefficient (Wildman–Crippen LogP) is 3.01. The van der Waals surface area contributed by atoms with Gasteiger partial charge in [0.2, 0.25) is 0 Å². The molecule has 0 saturated carbocycles. The number of hydrogen-bond acceptors (Lipinski definition) is 6. The largest absolute Gasteiger partial charge is 0.463 e. The molecule has 0 spiro atoms. The van der Waals surface area contributed by atoms with Gasteiger partial charge in [0.25, 0.3) is 17.5 Å². The lowest BCUT2D eigenvalue weighted by molar-refractivity contribution is 0.0847. The van der Waals surface area contributed by atoms with Crippen LogP contribution in [0.3, 0.4) is 0 Å². The molecule has 0 fully saturated rings. The van der Waals surface area contributed by atoms with Crippen LogP contribution < -0.4 is 10.9 Å². The van der Waals surface area contributed by atoms with E-state index in [4.69, 9.17) is 8.94 Å². The number of hydrogen-bond donors (Lipinski definition) is 2. The Balaban J connectivity index is 1.62. The first-order valence-corrected chi connectivity index (χ1v) is 8.20. The molecule has 28 heavy (non-hydrogen) atoms. The summed E-state index contributed by atoms with van der Waals surface area (Å²) in [5.41, 5.74) is 6.04. The average Bonchev–Trinajstić information content (AvgIpc) is 3.36. The minimum Gasteiger partial charge on any atom is -0.463 e. The normalized spacial score (nSPS) is 10.8. The lowest BCUT2D eigenvalue weighted by Gasteiger charge is -2.09. The van der Waals surface area contributed by atoms with Crippen molar-refractivity contribution in [3.63, 3.8) is 0 Å². The smallest absolute Gasteiger partial charge is 0.270 e. The molecular formula is C19H13FN4O4. The SMILES string of the molecule is Cc1noc2nc(-c3ccco3)cc(C(=O)NNC(=O)c3ccc(F)cc3)c12. The van der Waals surface area contributed by atoms with Crippen LogP contribution in [-0.4, -0.2) is 22.0 Å². The molecule has 0 aliphatic heterocycles. The van der Waals surface area contributed by atoms with Gasteiger partial charge in [-0.2, -0.15) is 0 Å². The zero-order valence-electron chi connectivity index (χ0n) is 14.5. The van der Waals surface area contributed by atoms with Crippen molar-refractivity contribution in [1.29, 1.82) is 0 Å². The van der Waals surface area contributed by atoms with Gasteiger partial charge in [0.1, 0.15) is 11.5 Å². The first-order valence-electron chi connectivity index (χ1n) is 8.20. The molecule has 2 N–H and O–H groups in total. The fraction of sp³-hybridized carbons (Fsp3) is 0.0526. The molecule has 0 saturated heterocycles. The minimum atomic E-state index is -0.595. The second kappa shape index (κ2) is 6.95. The van der Waals surface area contributed by atoms with Crippen molar-refractivity contribution in [2.75, 3.05) is 0 Å². The van der Waals surface area contributed by atoms with Crippen molar-refractivity contribution in [3.8, 4) is 11.5 Å². The highest BCUT2D eigenvalue weighted by molar-refractivity contribution is 6.07. The van der Waals surface area contributed by atoms with Crippen molar-refractivity contribution < 1.29 is 22.9 Å². The molecule has 8 nitrogen and oxygen atoms in total. The number of fused-ring (bicyclic) bond motifs is 1. The number of pyridine rings is 1. The number of hydrazine groups is 1. The highest BCUT2D eigenvalue weighted by atomic mass is 19.1. The van der Waals surface area contributed by atoms with Crippen LogP contribution in [0.1, 0.15) is 26.4 Å². The van der Waals surface area contributed by atoms with Gasteiger partial charge in [0.05, 0.1) is 22.9 Å². The Hall–Kier alpha value is -4.01. The van der Waals surface area contributed by atoms with E-state index in [1.807, 2.05) is 0 Å². The number of halogens is 1. The van der Waals surface area contributed by atoms with Gasteiger partial charge in [-0.3, -0.25) is 20.4 Å². The zero-order valence-corrected chi connectivity index (χ0v) is 14.5. The second-order valence-corrected chi connectivity index (χ2v) is 5.90. The van der Waals surface area contributed by atoms with Crippen molar-refractivity contribution >= 4 is 22.9 Å². The van der Waals surface area contributed by atoms with Crippen LogP contribution in [-0.2, 0) is 0 Å². The second-order valence-electron chi connectivity index (χ2n) is 5.90. The van der Waals surface area contributed by atoms with Gasteiger partial charge in [-0.15, -0.1) is 0 Å². The third-order valence-corrected chi connectivity index (χ3v) is 4.03. The summed E-state index contributed by atoms with van der Waals surface area (Å²) in [6.45, 7) is 1.67. The highest BCUT2D eigenvalue weighted by Gasteiger charge is 2.20. The monoisotopic (exact) mass is 380 g/mol. The van der Waals surface area contributed by atoms with E-state index >= 15 is 0 Å². The molecular weight excluding hydrogens is 367 g/mol. The van der Waals surface area contributed by atoms with Gasteiger partial charge in [-0.1, -0.05) is 5.16 Å². The van der Waals surface area contributed by atoms with Crippen LogP contribution in [0.2, 0.25) is 0 Å². The summed E-state index contributed by atoms with van der Waals surface area (Å²) in [7, 11) is 0. The summed E-state index contributed by atoms with van der Waals surface area (Å²) in [4.78, 5) is 29.1. The molecule has 4 aromatic rings. The number of benzene rings is 1. The zero-order chi connectivity index (χ0) is 19.7. The van der Waals surface area contributed by atoms with Crippen molar-refractivity contribution in [2.45, 2.75) is 6.92 Å². The van der Waals surface area contributed by atoms with Gasteiger partial charge in [-0.05, 0) is 49.4 Å². The standard InChI is InChI=1S/C19H13FN4O4/c1-10-16-13(9-14(15-3-2-8-27-15)21-19(16)28-24-10)18(26)23-22-17(25)11-4-6-12(20)7-5-11/h2-9H,1H3,(H,22,25)(H,23,26). The van der Waals surface area contributed by atoms with E-state index < -0.39 is 17.6 Å². The van der Waals surface area contributed by atoms with Gasteiger partial charge >= 0.3 is 0 Å². The first-order chi connectivity index (χ1) is 13.5. The summed E-state index contributed by atoms with van der Waals surface area (Å²) in [5.74, 6) is -1.21. The summed E-state index contributed by atoms with van der Waals surface area (Å²) < 4.78 is 23.5. The topological polar surface area (TPSA) is 110 Å². The molecule has 0 radical (unpaired) electrons. The van der Waals surface area contributed by atoms with E-state index in [2.05, 4.69) is 21.0 Å². The fourth-order valence-electron chi connectivity index (χ4n) is 2.68. The van der Waals surface area contributed by atoms with Gasteiger partial charge < -0.3 is 8.94 Å². The van der Waals surface area contributed by atoms with E-state index in [0.717, 1.165) is 12.1 Å². The van der Waals surface area contributed by atoms with Crippen LogP contribution >= 0.6 is 0 Å². The lowest BCUT2D eigenvalue weighted by Crippen LogP contribution is -2.41. The predicted molar refractivity (Wildman–Crippen MR) is 95.6 cm³/mol. The summed E-state index contributed by atoms with van der Waals surface area (Å²) in [6, 6.07) is 9.81. The third-order valence-electron chi connectivity index (χ3n) is 4.03. The number of aromatic nitrogens is 2. The van der Waals surface area contributed by atoms with E-state index in [-0.39, 0.29) is 16.8 Å². The van der Waals surface area contributed by atoms with Crippen LogP contribution in [0.25, 0.3) is 22.6 Å². The number of amides is 2. The Kier molecular flexibility index (Phi) is 4.32. The van der Waals surface area contributed by atoms with Gasteiger partial charge in [0.15, 0.2) is 5.76 Å². The Morgan fingerprint density at radius 1 is 1.07 bits per heavy atom. The van der Waals surface area contributed by atoms with Crippen LogP contribution in [0, 0.1) is 12.7 Å². The minimum absolute atomic E-state index is 0.168. The van der Waals surface area contributed by atoms with Crippen LogP contribution in [0.4, 0.5) is 4.39 Å². The molecule has 0 bridgehead atoms. The van der Waals surface area contributed by atoms with E-state index in [1.54, 1.807) is 19.1 Å². The number of carbonyl (C=O) groups is 2. The molecule has 4 rings (SSSR count). The molecule has 3 heterocycles. The molecule has 9 heteroatoms. The summed E-state index contributed by atoms with van der Waals surface area (Å²) >= 11 is 0. The molecule has 3 aromatic heterocycles. The highest BCUT2D eigenvalue weighted by Crippen LogP contribution is 2.27. The van der Waals surface area contributed by atoms with E-state index in [9.17, 15) is 14.0 Å². The third kappa shape index (κ3) is 3.20. The van der Waals surface area contributed by atoms with Crippen molar-refractivity contribution in [1.82, 2.24) is 21.0 Å². The maximum absolute atomic E-state index is 13.0. The number of nitrogens with one attached hydrogen (secondary N) is 2. The number of furan rings is 1. The maximum Gasteiger partial charge on any atom is 0.270 e. The molecule has 2 amide bonds. The van der Waals surface area contributed by atoms with Crippen molar-refractivity contribution in [2.24, 2.45) is 0 Å². The Morgan fingerprint density at radius 3 is 2.54 bits per heavy atom. The molecule has 0 aliphatic rings. The van der Waals surface area contributed by atoms with Crippen LogP contribution in [0.5, 0.6) is 0 Å². The number of nitrogens with zero attached hydrogens (tertiary/aromatic N) is 2. The molecule has 0 unspecified atom stereocenters. The number of rotatable bonds is 3. The van der Waals surface area contributed by atoms with Gasteiger partial charge in [0, 0.05) is 5.56 Å². The Labute approximate surface area is 157 Å². The van der Waals surface area contributed by atoms with E-state index in [0.29, 0.717) is 22.5 Å². The lowest BCUT2D eigenvalue weighted by atomic mass is 10.1. The van der Waals surface area contributed by atoms with Crippen molar-refractivity contribution in [3.05, 3.63) is 71.4 Å². The van der Waals surface area contributed by atoms with Crippen LogP contribution in [0.15, 0.2) is 57.7 Å². The molecule has 0 aliphatic carbocycles. The Morgan fingerprint density at radius 2 is 1.82 bits per heavy atom. The molecule has 0 atom stereocenters. The maximum atomic E-state index is 13.0. The molecule has 1 aromatic carbocycles. The van der Waals surface area contributed by atoms with E-state index in [1.165, 1.54) is 24.5 Å². The first kappa shape index (κ1) is 17.4. The number of carbonyl (C=O) groups excluding carboxylic acids is 2. The fourth-order valence-corrected chi connectivity index (χ4v) is 2.68. The summed E-state index contributed by atoms with van der Waals surface area (Å²) in [6.07, 6.45) is 1.48. The summed E-state index contributed by atoms with van der Waals surface area (Å²) in [5, 5.41) is 4.26. The number of aryl methyl sites for hydroxylation is 1. The average molecular weight is 380 g/mol.